The molecule has 0 radical (unpaired) electrons. The van der Waals surface area contributed by atoms with Crippen LogP contribution in [0, 0.1) is 13.8 Å². The van der Waals surface area contributed by atoms with Gasteiger partial charge in [0.1, 0.15) is 5.75 Å². The first-order chi connectivity index (χ1) is 9.51. The van der Waals surface area contributed by atoms with Crippen molar-refractivity contribution in [1.82, 2.24) is 4.98 Å². The number of benzene rings is 1. The Kier molecular flexibility index (Phi) is 4.24. The molecule has 0 saturated heterocycles. The topological polar surface area (TPSA) is 80.7 Å². The fraction of sp³-hybridized carbons (Fsp3) is 0.143. The Balaban J connectivity index is 2.31. The molecule has 0 unspecified atom stereocenters. The second-order valence-corrected chi connectivity index (χ2v) is 5.13. The van der Waals surface area contributed by atoms with Crippen molar-refractivity contribution in [2.75, 3.05) is 0 Å². The van der Waals surface area contributed by atoms with Gasteiger partial charge in [0.05, 0.1) is 0 Å². The molecule has 20 heavy (non-hydrogen) atoms. The third-order valence-corrected chi connectivity index (χ3v) is 4.02. The van der Waals surface area contributed by atoms with Gasteiger partial charge in [0, 0.05) is 22.3 Å². The van der Waals surface area contributed by atoms with Crippen LogP contribution in [0.15, 0.2) is 40.1 Å². The van der Waals surface area contributed by atoms with Gasteiger partial charge < -0.3 is 15.7 Å². The number of aryl methyl sites for hydroxylation is 2. The first-order valence-corrected chi connectivity index (χ1v) is 6.69. The Bertz CT molecular complexity index is 648. The number of ether oxygens (including phenoxy) is 1. The van der Waals surface area contributed by atoms with Gasteiger partial charge in [-0.1, -0.05) is 21.1 Å². The highest BCUT2D eigenvalue weighted by atomic mass is 79.9. The van der Waals surface area contributed by atoms with Crippen molar-refractivity contribution in [3.05, 3.63) is 51.6 Å². The Morgan fingerprint density at radius 3 is 2.55 bits per heavy atom. The quantitative estimate of drug-likeness (QED) is 0.390. The molecular weight excluding hydrogens is 322 g/mol. The van der Waals surface area contributed by atoms with Gasteiger partial charge in [0.15, 0.2) is 5.84 Å². The standard InChI is InChI=1S/C14H14BrN3O2/c1-8-5-11(6-9(2)13(8)15)20-12-7-10(3-4-17-12)14(16)18-19/h3-7,19H,1-2H3,(H2,16,18). The van der Waals surface area contributed by atoms with E-state index in [0.29, 0.717) is 17.2 Å². The van der Waals surface area contributed by atoms with Crippen molar-refractivity contribution < 1.29 is 9.94 Å². The molecule has 104 valence electrons. The van der Waals surface area contributed by atoms with Gasteiger partial charge in [0.2, 0.25) is 5.88 Å². The molecule has 2 aromatic rings. The monoisotopic (exact) mass is 335 g/mol. The van der Waals surface area contributed by atoms with Crippen molar-refractivity contribution >= 4 is 21.8 Å². The lowest BCUT2D eigenvalue weighted by atomic mass is 10.1. The Labute approximate surface area is 125 Å². The molecule has 0 bridgehead atoms. The summed E-state index contributed by atoms with van der Waals surface area (Å²) < 4.78 is 6.76. The van der Waals surface area contributed by atoms with E-state index in [0.717, 1.165) is 15.6 Å². The molecule has 5 nitrogen and oxygen atoms in total. The molecule has 0 aliphatic heterocycles. The van der Waals surface area contributed by atoms with Gasteiger partial charge in [-0.05, 0) is 43.2 Å². The van der Waals surface area contributed by atoms with Crippen LogP contribution in [-0.4, -0.2) is 16.0 Å². The zero-order chi connectivity index (χ0) is 14.7. The Morgan fingerprint density at radius 1 is 1.30 bits per heavy atom. The third-order valence-electron chi connectivity index (χ3n) is 2.77. The van der Waals surface area contributed by atoms with E-state index in [2.05, 4.69) is 26.1 Å². The normalized spacial score (nSPS) is 11.4. The van der Waals surface area contributed by atoms with E-state index < -0.39 is 0 Å². The van der Waals surface area contributed by atoms with Crippen molar-refractivity contribution in [2.45, 2.75) is 13.8 Å². The number of amidine groups is 1. The average Bonchev–Trinajstić information content (AvgIpc) is 2.44. The number of oxime groups is 1. The summed E-state index contributed by atoms with van der Waals surface area (Å²) in [5, 5.41) is 11.6. The van der Waals surface area contributed by atoms with Crippen LogP contribution in [0.3, 0.4) is 0 Å². The molecule has 0 aliphatic rings. The highest BCUT2D eigenvalue weighted by Gasteiger charge is 2.07. The smallest absolute Gasteiger partial charge is 0.219 e. The van der Waals surface area contributed by atoms with Crippen molar-refractivity contribution in [1.29, 1.82) is 0 Å². The molecule has 1 aromatic carbocycles. The van der Waals surface area contributed by atoms with Crippen LogP contribution in [-0.2, 0) is 0 Å². The molecule has 0 aliphatic carbocycles. The second-order valence-electron chi connectivity index (χ2n) is 4.34. The van der Waals surface area contributed by atoms with E-state index >= 15 is 0 Å². The summed E-state index contributed by atoms with van der Waals surface area (Å²) in [6, 6.07) is 7.08. The summed E-state index contributed by atoms with van der Waals surface area (Å²) in [6.45, 7) is 3.98. The number of aromatic nitrogens is 1. The summed E-state index contributed by atoms with van der Waals surface area (Å²) in [4.78, 5) is 4.11. The molecule has 0 saturated carbocycles. The predicted molar refractivity (Wildman–Crippen MR) is 80.4 cm³/mol. The lowest BCUT2D eigenvalue weighted by Gasteiger charge is -2.09. The maximum absolute atomic E-state index is 8.67. The summed E-state index contributed by atoms with van der Waals surface area (Å²) >= 11 is 3.51. The van der Waals surface area contributed by atoms with Crippen LogP contribution in [0.25, 0.3) is 0 Å². The van der Waals surface area contributed by atoms with Crippen LogP contribution < -0.4 is 10.5 Å². The van der Waals surface area contributed by atoms with Crippen molar-refractivity contribution in [3.8, 4) is 11.6 Å². The fourth-order valence-electron chi connectivity index (χ4n) is 1.77. The summed E-state index contributed by atoms with van der Waals surface area (Å²) in [6.07, 6.45) is 1.54. The second kappa shape index (κ2) is 5.92. The minimum atomic E-state index is 0.0143. The highest BCUT2D eigenvalue weighted by Crippen LogP contribution is 2.28. The number of rotatable bonds is 3. The van der Waals surface area contributed by atoms with Crippen molar-refractivity contribution in [3.63, 3.8) is 0 Å². The number of hydrogen-bond donors (Lipinski definition) is 2. The van der Waals surface area contributed by atoms with Crippen LogP contribution in [0.1, 0.15) is 16.7 Å². The van der Waals surface area contributed by atoms with Gasteiger partial charge >= 0.3 is 0 Å². The van der Waals surface area contributed by atoms with Gasteiger partial charge in [0.25, 0.3) is 0 Å². The Morgan fingerprint density at radius 2 is 1.95 bits per heavy atom. The van der Waals surface area contributed by atoms with Gasteiger partial charge in [-0.15, -0.1) is 0 Å². The lowest BCUT2D eigenvalue weighted by molar-refractivity contribution is 0.318. The van der Waals surface area contributed by atoms with E-state index in [1.807, 2.05) is 26.0 Å². The molecule has 0 spiro atoms. The van der Waals surface area contributed by atoms with Gasteiger partial charge in [-0.3, -0.25) is 0 Å². The zero-order valence-corrected chi connectivity index (χ0v) is 12.7. The fourth-order valence-corrected chi connectivity index (χ4v) is 2.00. The number of nitrogens with zero attached hydrogens (tertiary/aromatic N) is 2. The lowest BCUT2D eigenvalue weighted by Crippen LogP contribution is -2.13. The SMILES string of the molecule is Cc1cc(Oc2cc(/C(N)=N/O)ccn2)cc(C)c1Br. The largest absolute Gasteiger partial charge is 0.439 e. The van der Waals surface area contributed by atoms with E-state index in [4.69, 9.17) is 15.7 Å². The molecule has 3 N–H and O–H groups in total. The molecular formula is C14H14BrN3O2. The van der Waals surface area contributed by atoms with E-state index in [-0.39, 0.29) is 5.84 Å². The molecule has 0 atom stereocenters. The van der Waals surface area contributed by atoms with Gasteiger partial charge in [-0.25, -0.2) is 4.98 Å². The molecule has 0 amide bonds. The molecule has 0 fully saturated rings. The third kappa shape index (κ3) is 3.08. The minimum absolute atomic E-state index is 0.0143. The molecule has 1 heterocycles. The maximum Gasteiger partial charge on any atom is 0.219 e. The highest BCUT2D eigenvalue weighted by molar-refractivity contribution is 9.10. The predicted octanol–water partition coefficient (Wildman–Crippen LogP) is 3.35. The summed E-state index contributed by atoms with van der Waals surface area (Å²) in [5.74, 6) is 1.09. The number of hydrogen-bond acceptors (Lipinski definition) is 4. The first kappa shape index (κ1) is 14.3. The van der Waals surface area contributed by atoms with E-state index in [1.165, 1.54) is 0 Å². The van der Waals surface area contributed by atoms with Crippen LogP contribution >= 0.6 is 15.9 Å². The maximum atomic E-state index is 8.67. The average molecular weight is 336 g/mol. The zero-order valence-electron chi connectivity index (χ0n) is 11.1. The minimum Gasteiger partial charge on any atom is -0.439 e. The molecule has 1 aromatic heterocycles. The summed E-state index contributed by atoms with van der Waals surface area (Å²) in [5.41, 5.74) is 8.23. The molecule has 2 rings (SSSR count). The van der Waals surface area contributed by atoms with Crippen LogP contribution in [0.2, 0.25) is 0 Å². The number of pyridine rings is 1. The van der Waals surface area contributed by atoms with Gasteiger partial charge in [-0.2, -0.15) is 0 Å². The number of halogens is 1. The van der Waals surface area contributed by atoms with Crippen LogP contribution in [0.4, 0.5) is 0 Å². The van der Waals surface area contributed by atoms with Crippen LogP contribution in [0.5, 0.6) is 11.6 Å². The first-order valence-electron chi connectivity index (χ1n) is 5.90. The van der Waals surface area contributed by atoms with E-state index in [1.54, 1.807) is 18.3 Å². The van der Waals surface area contributed by atoms with Crippen molar-refractivity contribution in [2.24, 2.45) is 10.9 Å². The van der Waals surface area contributed by atoms with E-state index in [9.17, 15) is 0 Å². The summed E-state index contributed by atoms with van der Waals surface area (Å²) in [7, 11) is 0. The Hall–Kier alpha value is -2.08. The number of nitrogens with two attached hydrogens (primary N) is 1. The molecule has 6 heteroatoms.